The Morgan fingerprint density at radius 1 is 1.06 bits per heavy atom. The first-order valence-electron chi connectivity index (χ1n) is 11.5. The van der Waals surface area contributed by atoms with E-state index >= 15 is 0 Å². The smallest absolute Gasteiger partial charge is 0.244 e. The minimum atomic E-state index is -0.402. The van der Waals surface area contributed by atoms with E-state index in [1.54, 1.807) is 25.3 Å². The second kappa shape index (κ2) is 12.2. The van der Waals surface area contributed by atoms with E-state index in [0.29, 0.717) is 28.7 Å². The molecule has 184 valence electrons. The molecule has 1 N–H and O–H groups in total. The molecule has 6 nitrogen and oxygen atoms in total. The van der Waals surface area contributed by atoms with Gasteiger partial charge in [-0.2, -0.15) is 0 Å². The molecule has 4 aromatic rings. The number of rotatable bonds is 10. The minimum Gasteiger partial charge on any atom is -0.497 e. The van der Waals surface area contributed by atoms with Crippen molar-refractivity contribution in [1.29, 1.82) is 0 Å². The van der Waals surface area contributed by atoms with Gasteiger partial charge in [0.25, 0.3) is 0 Å². The molecule has 0 spiro atoms. The highest BCUT2D eigenvalue weighted by molar-refractivity contribution is 7.98. The Balaban J connectivity index is 1.50. The van der Waals surface area contributed by atoms with Gasteiger partial charge < -0.3 is 14.6 Å². The molecule has 1 amide bonds. The maximum Gasteiger partial charge on any atom is 0.244 e. The second-order valence-corrected chi connectivity index (χ2v) is 9.08. The topological polar surface area (TPSA) is 69.0 Å². The number of benzene rings is 3. The van der Waals surface area contributed by atoms with Gasteiger partial charge in [0.2, 0.25) is 5.91 Å². The van der Waals surface area contributed by atoms with Gasteiger partial charge in [0.05, 0.1) is 13.2 Å². The van der Waals surface area contributed by atoms with Crippen LogP contribution in [0.25, 0.3) is 6.08 Å². The Morgan fingerprint density at radius 2 is 1.78 bits per heavy atom. The number of halogens is 1. The van der Waals surface area contributed by atoms with Crippen LogP contribution in [-0.2, 0) is 24.0 Å². The van der Waals surface area contributed by atoms with E-state index in [9.17, 15) is 9.18 Å². The molecule has 0 aliphatic rings. The molecule has 1 heterocycles. The maximum absolute atomic E-state index is 14.0. The summed E-state index contributed by atoms with van der Waals surface area (Å²) in [5.74, 6) is 1.33. The van der Waals surface area contributed by atoms with Gasteiger partial charge in [-0.15, -0.1) is 10.2 Å². The van der Waals surface area contributed by atoms with Gasteiger partial charge in [-0.3, -0.25) is 4.79 Å². The largest absolute Gasteiger partial charge is 0.497 e. The lowest BCUT2D eigenvalue weighted by Gasteiger charge is -2.18. The van der Waals surface area contributed by atoms with Gasteiger partial charge in [-0.25, -0.2) is 4.39 Å². The van der Waals surface area contributed by atoms with Crippen LogP contribution in [0.15, 0.2) is 90.1 Å². The quantitative estimate of drug-likeness (QED) is 0.233. The van der Waals surface area contributed by atoms with Crippen molar-refractivity contribution >= 4 is 23.7 Å². The van der Waals surface area contributed by atoms with Gasteiger partial charge in [-0.1, -0.05) is 72.4 Å². The highest BCUT2D eigenvalue weighted by Gasteiger charge is 2.22. The lowest BCUT2D eigenvalue weighted by Crippen LogP contribution is -2.30. The number of ether oxygens (including phenoxy) is 1. The highest BCUT2D eigenvalue weighted by atomic mass is 32.2. The third kappa shape index (κ3) is 6.60. The number of carbonyl (C=O) groups is 1. The predicted molar refractivity (Wildman–Crippen MR) is 140 cm³/mol. The van der Waals surface area contributed by atoms with E-state index in [2.05, 4.69) is 15.5 Å². The Kier molecular flexibility index (Phi) is 8.52. The van der Waals surface area contributed by atoms with Crippen LogP contribution in [0.3, 0.4) is 0 Å². The molecule has 0 saturated heterocycles. The molecule has 4 rings (SSSR count). The standard InChI is InChI=1S/C28H27FN4O2S/c1-33-27(31-32-28(33)36-19-22-10-6-7-11-24(22)29)25(18-21-8-4-3-5-9-21)30-26(34)17-14-20-12-15-23(35-2)16-13-20/h3-17,25H,18-19H2,1-2H3,(H,30,34). The molecule has 1 unspecified atom stereocenters. The summed E-state index contributed by atoms with van der Waals surface area (Å²) in [7, 11) is 3.47. The Labute approximate surface area is 214 Å². The van der Waals surface area contributed by atoms with Gasteiger partial charge in [-0.05, 0) is 47.4 Å². The summed E-state index contributed by atoms with van der Waals surface area (Å²) in [5, 5.41) is 12.4. The zero-order valence-electron chi connectivity index (χ0n) is 20.1. The third-order valence-electron chi connectivity index (χ3n) is 5.64. The van der Waals surface area contributed by atoms with Crippen LogP contribution >= 0.6 is 11.8 Å². The summed E-state index contributed by atoms with van der Waals surface area (Å²) in [4.78, 5) is 12.9. The van der Waals surface area contributed by atoms with E-state index in [4.69, 9.17) is 4.74 Å². The zero-order valence-corrected chi connectivity index (χ0v) is 20.9. The van der Waals surface area contributed by atoms with Crippen molar-refractivity contribution in [3.05, 3.63) is 113 Å². The van der Waals surface area contributed by atoms with Crippen LogP contribution < -0.4 is 10.1 Å². The van der Waals surface area contributed by atoms with Crippen molar-refractivity contribution < 1.29 is 13.9 Å². The van der Waals surface area contributed by atoms with Crippen molar-refractivity contribution in [2.45, 2.75) is 23.4 Å². The molecule has 0 aliphatic carbocycles. The molecule has 0 bridgehead atoms. The third-order valence-corrected chi connectivity index (χ3v) is 6.71. The van der Waals surface area contributed by atoms with E-state index < -0.39 is 6.04 Å². The average Bonchev–Trinajstić information content (AvgIpc) is 3.27. The summed E-state index contributed by atoms with van der Waals surface area (Å²) in [5.41, 5.74) is 2.55. The molecule has 0 radical (unpaired) electrons. The van der Waals surface area contributed by atoms with Crippen molar-refractivity contribution in [1.82, 2.24) is 20.1 Å². The van der Waals surface area contributed by atoms with Gasteiger partial charge >= 0.3 is 0 Å². The zero-order chi connectivity index (χ0) is 25.3. The maximum atomic E-state index is 14.0. The molecule has 3 aromatic carbocycles. The molecular formula is C28H27FN4O2S. The summed E-state index contributed by atoms with van der Waals surface area (Å²) < 4.78 is 21.1. The number of thioether (sulfide) groups is 1. The van der Waals surface area contributed by atoms with Gasteiger partial charge in [0.15, 0.2) is 11.0 Å². The number of carbonyl (C=O) groups excluding carboxylic acids is 1. The van der Waals surface area contributed by atoms with Crippen molar-refractivity contribution in [2.75, 3.05) is 7.11 Å². The van der Waals surface area contributed by atoms with E-state index in [1.165, 1.54) is 23.9 Å². The van der Waals surface area contributed by atoms with Crippen molar-refractivity contribution in [3.8, 4) is 5.75 Å². The first-order valence-corrected chi connectivity index (χ1v) is 12.4. The van der Waals surface area contributed by atoms with Crippen molar-refractivity contribution in [3.63, 3.8) is 0 Å². The summed E-state index contributed by atoms with van der Waals surface area (Å²) >= 11 is 1.40. The molecule has 0 fully saturated rings. The van der Waals surface area contributed by atoms with E-state index in [0.717, 1.165) is 16.9 Å². The lowest BCUT2D eigenvalue weighted by atomic mass is 10.1. The minimum absolute atomic E-state index is 0.240. The lowest BCUT2D eigenvalue weighted by molar-refractivity contribution is -0.117. The van der Waals surface area contributed by atoms with Crippen LogP contribution in [0, 0.1) is 5.82 Å². The number of amides is 1. The number of nitrogens with zero attached hydrogens (tertiary/aromatic N) is 3. The molecule has 8 heteroatoms. The van der Waals surface area contributed by atoms with E-state index in [1.807, 2.05) is 72.3 Å². The fourth-order valence-corrected chi connectivity index (χ4v) is 4.58. The first kappa shape index (κ1) is 25.2. The van der Waals surface area contributed by atoms with Gasteiger partial charge in [0.1, 0.15) is 11.6 Å². The number of methoxy groups -OCH3 is 1. The fourth-order valence-electron chi connectivity index (χ4n) is 3.68. The van der Waals surface area contributed by atoms with E-state index in [-0.39, 0.29) is 11.7 Å². The van der Waals surface area contributed by atoms with Crippen LogP contribution in [0.1, 0.15) is 28.6 Å². The normalized spacial score (nSPS) is 12.0. The number of nitrogens with one attached hydrogen (secondary N) is 1. The van der Waals surface area contributed by atoms with Crippen LogP contribution in [0.2, 0.25) is 0 Å². The number of hydrogen-bond acceptors (Lipinski definition) is 5. The monoisotopic (exact) mass is 502 g/mol. The molecular weight excluding hydrogens is 475 g/mol. The molecule has 1 atom stereocenters. The summed E-state index contributed by atoms with van der Waals surface area (Å²) in [6.07, 6.45) is 3.80. The van der Waals surface area contributed by atoms with Gasteiger partial charge in [0, 0.05) is 18.9 Å². The molecule has 0 saturated carbocycles. The molecule has 36 heavy (non-hydrogen) atoms. The van der Waals surface area contributed by atoms with Crippen LogP contribution in [-0.4, -0.2) is 27.8 Å². The second-order valence-electron chi connectivity index (χ2n) is 8.14. The summed E-state index contributed by atoms with van der Waals surface area (Å²) in [6.45, 7) is 0. The Hall–Kier alpha value is -3.91. The molecule has 0 aliphatic heterocycles. The predicted octanol–water partition coefficient (Wildman–Crippen LogP) is 5.37. The molecule has 1 aromatic heterocycles. The van der Waals surface area contributed by atoms with Crippen LogP contribution in [0.5, 0.6) is 5.75 Å². The van der Waals surface area contributed by atoms with Crippen molar-refractivity contribution in [2.24, 2.45) is 7.05 Å². The Morgan fingerprint density at radius 3 is 2.50 bits per heavy atom. The number of hydrogen-bond donors (Lipinski definition) is 1. The van der Waals surface area contributed by atoms with Crippen LogP contribution in [0.4, 0.5) is 4.39 Å². The average molecular weight is 503 g/mol. The number of aromatic nitrogens is 3. The SMILES string of the molecule is COc1ccc(C=CC(=O)NC(Cc2ccccc2)c2nnc(SCc3ccccc3F)n2C)cc1. The summed E-state index contributed by atoms with van der Waals surface area (Å²) in [6, 6.07) is 23.6. The Bertz CT molecular complexity index is 1320. The fraction of sp³-hybridized carbons (Fsp3) is 0.179. The first-order chi connectivity index (χ1) is 17.5. The highest BCUT2D eigenvalue weighted by Crippen LogP contribution is 2.25.